The number of piperazine rings is 1. The lowest BCUT2D eigenvalue weighted by Crippen LogP contribution is -2.54. The van der Waals surface area contributed by atoms with Crippen LogP contribution in [0.2, 0.25) is 5.02 Å². The van der Waals surface area contributed by atoms with Crippen LogP contribution in [0.5, 0.6) is 5.75 Å². The molecule has 2 amide bonds. The van der Waals surface area contributed by atoms with Crippen LogP contribution in [0.15, 0.2) is 48.5 Å². The van der Waals surface area contributed by atoms with Gasteiger partial charge in [-0.1, -0.05) is 41.9 Å². The summed E-state index contributed by atoms with van der Waals surface area (Å²) < 4.78 is 6.29. The number of piperidine rings is 1. The number of hydrogen-bond acceptors (Lipinski definition) is 5. The molecule has 1 N–H and O–H groups in total. The van der Waals surface area contributed by atoms with Gasteiger partial charge in [-0.15, -0.1) is 0 Å². The Morgan fingerprint density at radius 2 is 1.77 bits per heavy atom. The Kier molecular flexibility index (Phi) is 9.53. The number of ether oxygens (including phenoxy) is 1. The van der Waals surface area contributed by atoms with E-state index in [1.54, 1.807) is 0 Å². The highest BCUT2D eigenvalue weighted by atomic mass is 35.5. The van der Waals surface area contributed by atoms with E-state index < -0.39 is 5.60 Å². The molecule has 2 saturated heterocycles. The third kappa shape index (κ3) is 7.26. The molecule has 0 aromatic heterocycles. The molecule has 1 saturated carbocycles. The van der Waals surface area contributed by atoms with Gasteiger partial charge in [0, 0.05) is 57.9 Å². The predicted molar refractivity (Wildman–Crippen MR) is 177 cm³/mol. The Morgan fingerprint density at radius 1 is 1.00 bits per heavy atom. The maximum absolute atomic E-state index is 14.0. The standard InChI is InChI=1S/C36H47ClN4O3/c1-36(2,35(43)39-21-18-38-19-22-39)44-31-16-17-32(37)33(23-31)40-20-6-9-29(25-40)34(42)41(30-14-15-30)24-26-10-12-28(13-11-26)27-7-4-3-5-8-27/h7,10-13,16-17,23,29-30,38H,3-6,8-9,14-15,18-22,24-25H2,1-2H3/t29-/m1/s1. The molecular weight excluding hydrogens is 572 g/mol. The van der Waals surface area contributed by atoms with Crippen LogP contribution < -0.4 is 15.0 Å². The van der Waals surface area contributed by atoms with Crippen molar-refractivity contribution >= 4 is 34.7 Å². The van der Waals surface area contributed by atoms with Gasteiger partial charge in [-0.3, -0.25) is 9.59 Å². The first-order chi connectivity index (χ1) is 21.3. The van der Waals surface area contributed by atoms with E-state index in [-0.39, 0.29) is 17.7 Å². The number of halogens is 1. The van der Waals surface area contributed by atoms with Crippen LogP contribution in [-0.2, 0) is 16.1 Å². The van der Waals surface area contributed by atoms with Crippen molar-refractivity contribution in [3.8, 4) is 5.75 Å². The van der Waals surface area contributed by atoms with Crippen molar-refractivity contribution in [2.24, 2.45) is 5.92 Å². The molecular formula is C36H47ClN4O3. The second kappa shape index (κ2) is 13.5. The highest BCUT2D eigenvalue weighted by Crippen LogP contribution is 2.37. The van der Waals surface area contributed by atoms with Gasteiger partial charge in [0.15, 0.2) is 5.60 Å². The van der Waals surface area contributed by atoms with Crippen LogP contribution >= 0.6 is 11.6 Å². The van der Waals surface area contributed by atoms with Crippen molar-refractivity contribution in [1.82, 2.24) is 15.1 Å². The minimum absolute atomic E-state index is 0.0139. The molecule has 1 atom stereocenters. The molecule has 44 heavy (non-hydrogen) atoms. The summed E-state index contributed by atoms with van der Waals surface area (Å²) in [5.41, 5.74) is 3.84. The molecule has 3 fully saturated rings. The first kappa shape index (κ1) is 31.0. The van der Waals surface area contributed by atoms with Crippen molar-refractivity contribution in [2.75, 3.05) is 44.2 Å². The van der Waals surface area contributed by atoms with E-state index in [0.29, 0.717) is 43.0 Å². The van der Waals surface area contributed by atoms with E-state index in [1.807, 2.05) is 36.9 Å². The second-order valence-electron chi connectivity index (χ2n) is 13.4. The molecule has 8 heteroatoms. The number of carbonyl (C=O) groups is 2. The minimum Gasteiger partial charge on any atom is -0.478 e. The summed E-state index contributed by atoms with van der Waals surface area (Å²) >= 11 is 6.73. The van der Waals surface area contributed by atoms with Crippen LogP contribution in [0.25, 0.3) is 5.57 Å². The van der Waals surface area contributed by atoms with Crippen LogP contribution in [-0.4, -0.2) is 72.5 Å². The Labute approximate surface area is 267 Å². The van der Waals surface area contributed by atoms with Crippen LogP contribution in [0, 0.1) is 5.92 Å². The van der Waals surface area contributed by atoms with Gasteiger partial charge in [0.2, 0.25) is 5.91 Å². The number of carbonyl (C=O) groups excluding carboxylic acids is 2. The molecule has 0 unspecified atom stereocenters. The molecule has 2 aromatic rings. The van der Waals surface area contributed by atoms with Gasteiger partial charge in [-0.2, -0.15) is 0 Å². The van der Waals surface area contributed by atoms with Crippen molar-refractivity contribution in [3.05, 3.63) is 64.7 Å². The van der Waals surface area contributed by atoms with Gasteiger partial charge in [0.05, 0.1) is 16.6 Å². The summed E-state index contributed by atoms with van der Waals surface area (Å²) in [5.74, 6) is 0.767. The van der Waals surface area contributed by atoms with Gasteiger partial charge >= 0.3 is 0 Å². The van der Waals surface area contributed by atoms with Gasteiger partial charge in [0.25, 0.3) is 5.91 Å². The van der Waals surface area contributed by atoms with Crippen molar-refractivity contribution in [3.63, 3.8) is 0 Å². The average Bonchev–Trinajstić information content (AvgIpc) is 3.90. The zero-order valence-electron chi connectivity index (χ0n) is 26.3. The Morgan fingerprint density at radius 3 is 2.48 bits per heavy atom. The van der Waals surface area contributed by atoms with E-state index in [9.17, 15) is 9.59 Å². The zero-order valence-corrected chi connectivity index (χ0v) is 27.1. The normalized spacial score (nSPS) is 21.1. The lowest BCUT2D eigenvalue weighted by molar-refractivity contribution is -0.146. The van der Waals surface area contributed by atoms with Gasteiger partial charge in [0.1, 0.15) is 5.75 Å². The Hall–Kier alpha value is -3.03. The number of hydrogen-bond donors (Lipinski definition) is 1. The van der Waals surface area contributed by atoms with Crippen molar-refractivity contribution < 1.29 is 14.3 Å². The third-order valence-corrected chi connectivity index (χ3v) is 9.88. The molecule has 0 spiro atoms. The highest BCUT2D eigenvalue weighted by Gasteiger charge is 2.38. The summed E-state index contributed by atoms with van der Waals surface area (Å²) in [6.45, 7) is 8.74. The lowest BCUT2D eigenvalue weighted by Gasteiger charge is -2.37. The molecule has 2 heterocycles. The fourth-order valence-electron chi connectivity index (χ4n) is 6.91. The minimum atomic E-state index is -1.00. The first-order valence-corrected chi connectivity index (χ1v) is 17.0. The van der Waals surface area contributed by atoms with Gasteiger partial charge in [-0.25, -0.2) is 0 Å². The summed E-state index contributed by atoms with van der Waals surface area (Å²) in [4.78, 5) is 33.5. The average molecular weight is 619 g/mol. The summed E-state index contributed by atoms with van der Waals surface area (Å²) in [5, 5.41) is 3.92. The van der Waals surface area contributed by atoms with Crippen LogP contribution in [0.4, 0.5) is 5.69 Å². The summed E-state index contributed by atoms with van der Waals surface area (Å²) in [6.07, 6.45) is 11.3. The Bertz CT molecular complexity index is 1360. The molecule has 7 nitrogen and oxygen atoms in total. The summed E-state index contributed by atoms with van der Waals surface area (Å²) in [7, 11) is 0. The van der Waals surface area contributed by atoms with E-state index in [0.717, 1.165) is 57.4 Å². The van der Waals surface area contributed by atoms with Crippen LogP contribution in [0.3, 0.4) is 0 Å². The van der Waals surface area contributed by atoms with Crippen LogP contribution in [0.1, 0.15) is 76.3 Å². The zero-order chi connectivity index (χ0) is 30.7. The van der Waals surface area contributed by atoms with E-state index in [2.05, 4.69) is 45.5 Å². The van der Waals surface area contributed by atoms with Crippen molar-refractivity contribution in [2.45, 2.75) is 83.4 Å². The van der Waals surface area contributed by atoms with E-state index >= 15 is 0 Å². The number of allylic oxidation sites excluding steroid dienone is 2. The van der Waals surface area contributed by atoms with Crippen molar-refractivity contribution in [1.29, 1.82) is 0 Å². The molecule has 0 radical (unpaired) electrons. The van der Waals surface area contributed by atoms with E-state index in [1.165, 1.54) is 36.0 Å². The second-order valence-corrected chi connectivity index (χ2v) is 13.8. The number of nitrogens with zero attached hydrogens (tertiary/aromatic N) is 3. The number of amides is 2. The molecule has 2 aliphatic carbocycles. The maximum Gasteiger partial charge on any atom is 0.266 e. The molecule has 2 aromatic carbocycles. The molecule has 6 rings (SSSR count). The SMILES string of the molecule is CC(C)(Oc1ccc(Cl)c(N2CCC[C@@H](C(=O)N(Cc3ccc(C4=CCCCC4)cc3)C3CC3)C2)c1)C(=O)N1CCNCC1. The van der Waals surface area contributed by atoms with Gasteiger partial charge < -0.3 is 24.8 Å². The lowest BCUT2D eigenvalue weighted by atomic mass is 9.93. The Balaban J connectivity index is 1.12. The summed E-state index contributed by atoms with van der Waals surface area (Å²) in [6, 6.07) is 14.8. The number of benzene rings is 2. The molecule has 236 valence electrons. The maximum atomic E-state index is 14.0. The largest absolute Gasteiger partial charge is 0.478 e. The fraction of sp³-hybridized carbons (Fsp3) is 0.556. The quantitative estimate of drug-likeness (QED) is 0.358. The van der Waals surface area contributed by atoms with Gasteiger partial charge in [-0.05, 0) is 94.0 Å². The monoisotopic (exact) mass is 618 g/mol. The number of rotatable bonds is 9. The topological polar surface area (TPSA) is 65.1 Å². The molecule has 4 aliphatic rings. The van der Waals surface area contributed by atoms with E-state index in [4.69, 9.17) is 16.3 Å². The number of anilines is 1. The highest BCUT2D eigenvalue weighted by molar-refractivity contribution is 6.33. The molecule has 2 aliphatic heterocycles. The molecule has 0 bridgehead atoms. The number of nitrogens with one attached hydrogen (secondary N) is 1. The first-order valence-electron chi connectivity index (χ1n) is 16.6. The predicted octanol–water partition coefficient (Wildman–Crippen LogP) is 6.29. The smallest absolute Gasteiger partial charge is 0.266 e. The third-order valence-electron chi connectivity index (χ3n) is 9.56. The fourth-order valence-corrected chi connectivity index (χ4v) is 7.15.